The third-order valence-electron chi connectivity index (χ3n) is 7.00. The van der Waals surface area contributed by atoms with E-state index in [2.05, 4.69) is 12.1 Å². The van der Waals surface area contributed by atoms with E-state index >= 15 is 0 Å². The molecule has 2 amide bonds. The van der Waals surface area contributed by atoms with Gasteiger partial charge in [0, 0.05) is 5.39 Å². The van der Waals surface area contributed by atoms with Crippen molar-refractivity contribution in [1.29, 1.82) is 0 Å². The summed E-state index contributed by atoms with van der Waals surface area (Å²) in [6.07, 6.45) is 3.24. The van der Waals surface area contributed by atoms with Gasteiger partial charge in [0.2, 0.25) is 11.8 Å². The van der Waals surface area contributed by atoms with Gasteiger partial charge in [-0.15, -0.1) is 0 Å². The highest BCUT2D eigenvalue weighted by Crippen LogP contribution is 2.56. The number of hydrogen-bond acceptors (Lipinski definition) is 3. The average molecular weight is 383 g/mol. The molecule has 1 saturated heterocycles. The number of benzene rings is 3. The van der Waals surface area contributed by atoms with Crippen molar-refractivity contribution in [3.8, 4) is 11.5 Å². The van der Waals surface area contributed by atoms with Gasteiger partial charge in [-0.1, -0.05) is 36.4 Å². The number of nitrogens with zero attached hydrogens (tertiary/aromatic N) is 1. The fourth-order valence-electron chi connectivity index (χ4n) is 5.74. The van der Waals surface area contributed by atoms with Crippen molar-refractivity contribution in [3.63, 3.8) is 0 Å². The molecule has 0 spiro atoms. The van der Waals surface area contributed by atoms with Gasteiger partial charge in [-0.05, 0) is 66.8 Å². The first-order valence-corrected chi connectivity index (χ1v) is 10.3. The molecule has 144 valence electrons. The molecule has 2 saturated carbocycles. The Labute approximate surface area is 169 Å². The summed E-state index contributed by atoms with van der Waals surface area (Å²) in [6.45, 7) is 0. The van der Waals surface area contributed by atoms with Gasteiger partial charge in [-0.2, -0.15) is 0 Å². The van der Waals surface area contributed by atoms with Crippen LogP contribution in [-0.4, -0.2) is 11.8 Å². The normalized spacial score (nSPS) is 27.7. The standard InChI is InChI=1S/C25H21NO3/c27-24-22-16-8-9-17(14-16)23(22)25(28)26(24)18-10-12-19(13-11-18)29-21-7-3-5-15-4-1-2-6-20(15)21/h1-7,10-13,16-17,22-23H,8-9,14H2/t16-,17+,22-,23-/m0/s1. The van der Waals surface area contributed by atoms with Gasteiger partial charge in [-0.3, -0.25) is 14.5 Å². The molecule has 0 radical (unpaired) electrons. The summed E-state index contributed by atoms with van der Waals surface area (Å²) in [5.41, 5.74) is 0.652. The third kappa shape index (κ3) is 2.45. The van der Waals surface area contributed by atoms with Crippen molar-refractivity contribution in [2.24, 2.45) is 23.7 Å². The van der Waals surface area contributed by atoms with Crippen LogP contribution in [-0.2, 0) is 9.59 Å². The average Bonchev–Trinajstić information content (AvgIpc) is 3.43. The molecule has 4 nitrogen and oxygen atoms in total. The van der Waals surface area contributed by atoms with Crippen LogP contribution in [0, 0.1) is 23.7 Å². The summed E-state index contributed by atoms with van der Waals surface area (Å²) in [6, 6.07) is 21.4. The second-order valence-corrected chi connectivity index (χ2v) is 8.47. The predicted octanol–water partition coefficient (Wildman–Crippen LogP) is 5.17. The lowest BCUT2D eigenvalue weighted by Crippen LogP contribution is -2.32. The minimum atomic E-state index is -0.0899. The maximum Gasteiger partial charge on any atom is 0.237 e. The van der Waals surface area contributed by atoms with Crippen LogP contribution in [0.25, 0.3) is 10.8 Å². The number of hydrogen-bond donors (Lipinski definition) is 0. The van der Waals surface area contributed by atoms with Gasteiger partial charge < -0.3 is 4.74 Å². The van der Waals surface area contributed by atoms with Crippen molar-refractivity contribution >= 4 is 28.3 Å². The van der Waals surface area contributed by atoms with E-state index in [4.69, 9.17) is 4.74 Å². The molecule has 2 aliphatic carbocycles. The molecule has 3 fully saturated rings. The van der Waals surface area contributed by atoms with Gasteiger partial charge in [0.1, 0.15) is 11.5 Å². The largest absolute Gasteiger partial charge is 0.457 e. The maximum absolute atomic E-state index is 13.0. The number of imide groups is 1. The van der Waals surface area contributed by atoms with E-state index in [1.165, 1.54) is 4.90 Å². The van der Waals surface area contributed by atoms with E-state index in [0.717, 1.165) is 35.8 Å². The molecule has 1 heterocycles. The lowest BCUT2D eigenvalue weighted by molar-refractivity contribution is -0.123. The summed E-state index contributed by atoms with van der Waals surface area (Å²) in [7, 11) is 0. The number of anilines is 1. The quantitative estimate of drug-likeness (QED) is 0.587. The first kappa shape index (κ1) is 16.8. The van der Waals surface area contributed by atoms with Crippen LogP contribution in [0.4, 0.5) is 5.69 Å². The molecule has 29 heavy (non-hydrogen) atoms. The number of amides is 2. The molecular weight excluding hydrogens is 362 g/mol. The summed E-state index contributed by atoms with van der Waals surface area (Å²) < 4.78 is 6.09. The highest BCUT2D eigenvalue weighted by atomic mass is 16.5. The zero-order valence-corrected chi connectivity index (χ0v) is 16.0. The molecule has 4 heteroatoms. The van der Waals surface area contributed by atoms with Gasteiger partial charge in [0.05, 0.1) is 17.5 Å². The Morgan fingerprint density at radius 1 is 0.759 bits per heavy atom. The SMILES string of the molecule is O=C1[C@H]2[C@@H]3CC[C@@H](C3)[C@@H]2C(=O)N1c1ccc(Oc2cccc3ccccc23)cc1. The molecular formula is C25H21NO3. The first-order valence-electron chi connectivity index (χ1n) is 10.3. The van der Waals surface area contributed by atoms with E-state index < -0.39 is 0 Å². The first-order chi connectivity index (χ1) is 14.2. The minimum Gasteiger partial charge on any atom is -0.457 e. The molecule has 0 aromatic heterocycles. The Bertz CT molecular complexity index is 1100. The van der Waals surface area contributed by atoms with Gasteiger partial charge in [0.25, 0.3) is 0 Å². The second kappa shape index (κ2) is 6.18. The maximum atomic E-state index is 13.0. The minimum absolute atomic E-state index is 0.00470. The van der Waals surface area contributed by atoms with Crippen LogP contribution in [0.2, 0.25) is 0 Å². The van der Waals surface area contributed by atoms with E-state index in [-0.39, 0.29) is 23.7 Å². The number of ether oxygens (including phenoxy) is 1. The van der Waals surface area contributed by atoms with Crippen LogP contribution < -0.4 is 9.64 Å². The number of rotatable bonds is 3. The molecule has 3 aliphatic rings. The summed E-state index contributed by atoms with van der Waals surface area (Å²) in [5.74, 6) is 2.09. The van der Waals surface area contributed by atoms with Gasteiger partial charge >= 0.3 is 0 Å². The monoisotopic (exact) mass is 383 g/mol. The lowest BCUT2D eigenvalue weighted by Gasteiger charge is -2.19. The Hall–Kier alpha value is -3.14. The summed E-state index contributed by atoms with van der Waals surface area (Å²) >= 11 is 0. The van der Waals surface area contributed by atoms with Crippen LogP contribution >= 0.6 is 0 Å². The molecule has 1 aliphatic heterocycles. The van der Waals surface area contributed by atoms with Gasteiger partial charge in [0.15, 0.2) is 0 Å². The molecule has 0 N–H and O–H groups in total. The van der Waals surface area contributed by atoms with E-state index in [1.807, 2.05) is 54.6 Å². The topological polar surface area (TPSA) is 46.6 Å². The van der Waals surface area contributed by atoms with E-state index in [1.54, 1.807) is 0 Å². The van der Waals surface area contributed by atoms with E-state index in [9.17, 15) is 9.59 Å². The third-order valence-corrected chi connectivity index (χ3v) is 7.00. The smallest absolute Gasteiger partial charge is 0.237 e. The summed E-state index contributed by atoms with van der Waals surface area (Å²) in [4.78, 5) is 27.4. The number of carbonyl (C=O) groups excluding carboxylic acids is 2. The Morgan fingerprint density at radius 3 is 2.14 bits per heavy atom. The molecule has 0 unspecified atom stereocenters. The molecule has 3 aromatic rings. The molecule has 2 bridgehead atoms. The molecule has 6 rings (SSSR count). The van der Waals surface area contributed by atoms with Crippen LogP contribution in [0.5, 0.6) is 11.5 Å². The van der Waals surface area contributed by atoms with E-state index in [0.29, 0.717) is 23.3 Å². The predicted molar refractivity (Wildman–Crippen MR) is 111 cm³/mol. The lowest BCUT2D eigenvalue weighted by atomic mass is 9.81. The van der Waals surface area contributed by atoms with Gasteiger partial charge in [-0.25, -0.2) is 0 Å². The zero-order valence-electron chi connectivity index (χ0n) is 16.0. The second-order valence-electron chi connectivity index (χ2n) is 8.47. The molecule has 4 atom stereocenters. The van der Waals surface area contributed by atoms with Crippen molar-refractivity contribution in [2.75, 3.05) is 4.90 Å². The van der Waals surface area contributed by atoms with Crippen LogP contribution in [0.15, 0.2) is 66.7 Å². The number of fused-ring (bicyclic) bond motifs is 6. The molecule has 3 aromatic carbocycles. The van der Waals surface area contributed by atoms with Crippen LogP contribution in [0.3, 0.4) is 0 Å². The zero-order chi connectivity index (χ0) is 19.5. The Balaban J connectivity index is 1.27. The van der Waals surface area contributed by atoms with Crippen molar-refractivity contribution in [2.45, 2.75) is 19.3 Å². The van der Waals surface area contributed by atoms with Crippen LogP contribution in [0.1, 0.15) is 19.3 Å². The fraction of sp³-hybridized carbons (Fsp3) is 0.280. The van der Waals surface area contributed by atoms with Crippen molar-refractivity contribution in [3.05, 3.63) is 66.7 Å². The summed E-state index contributed by atoms with van der Waals surface area (Å²) in [5, 5.41) is 2.17. The fourth-order valence-corrected chi connectivity index (χ4v) is 5.74. The van der Waals surface area contributed by atoms with Crippen molar-refractivity contribution < 1.29 is 14.3 Å². The van der Waals surface area contributed by atoms with Crippen molar-refractivity contribution in [1.82, 2.24) is 0 Å². The Morgan fingerprint density at radius 2 is 1.41 bits per heavy atom. The number of carbonyl (C=O) groups is 2. The highest BCUT2D eigenvalue weighted by molar-refractivity contribution is 6.22. The Kier molecular flexibility index (Phi) is 3.58. The highest BCUT2D eigenvalue weighted by Gasteiger charge is 2.61.